The maximum Gasteiger partial charge on any atom is 0.335 e. The molecule has 3 N–H and O–H groups in total. The number of thiocarbonyl (C=S) groups is 1. The number of nitrogens with one attached hydrogen (secondary N) is 2. The predicted octanol–water partition coefficient (Wildman–Crippen LogP) is 0.162. The number of hydrogen-bond acceptors (Lipinski definition) is 6. The molecule has 0 radical (unpaired) electrons. The Bertz CT molecular complexity index is 1040. The van der Waals surface area contributed by atoms with Crippen LogP contribution in [0, 0.1) is 0 Å². The van der Waals surface area contributed by atoms with Crippen molar-refractivity contribution in [3.63, 3.8) is 0 Å². The molecule has 0 saturated carbocycles. The zero-order valence-electron chi connectivity index (χ0n) is 17.1. The SMILES string of the molecule is CNC(=S)N1CCN(CCN=C(C)c2c(O)n(-c3ccccc3)c(=O)[nH]c2=O)CC1. The van der Waals surface area contributed by atoms with E-state index in [2.05, 4.69) is 25.1 Å². The Kier molecular flexibility index (Phi) is 7.01. The normalized spacial score (nSPS) is 15.3. The lowest BCUT2D eigenvalue weighted by Gasteiger charge is -2.35. The molecule has 1 aromatic heterocycles. The molecule has 0 bridgehead atoms. The Hall–Kier alpha value is -2.98. The number of rotatable bonds is 5. The van der Waals surface area contributed by atoms with Gasteiger partial charge in [0.15, 0.2) is 5.11 Å². The molecule has 1 aromatic carbocycles. The van der Waals surface area contributed by atoms with E-state index in [0.29, 0.717) is 17.9 Å². The van der Waals surface area contributed by atoms with Crippen molar-refractivity contribution in [3.05, 3.63) is 56.7 Å². The van der Waals surface area contributed by atoms with E-state index in [1.807, 2.05) is 7.05 Å². The van der Waals surface area contributed by atoms with Crippen molar-refractivity contribution in [2.75, 3.05) is 46.3 Å². The summed E-state index contributed by atoms with van der Waals surface area (Å²) in [6.07, 6.45) is 0. The first-order valence-corrected chi connectivity index (χ1v) is 10.2. The second-order valence-corrected chi connectivity index (χ2v) is 7.37. The first kappa shape index (κ1) is 21.7. The molecule has 0 amide bonds. The van der Waals surface area contributed by atoms with Crippen LogP contribution in [-0.4, -0.2) is 81.6 Å². The smallest absolute Gasteiger partial charge is 0.335 e. The van der Waals surface area contributed by atoms with Crippen LogP contribution in [0.4, 0.5) is 0 Å². The largest absolute Gasteiger partial charge is 0.493 e. The van der Waals surface area contributed by atoms with Crippen LogP contribution in [0.15, 0.2) is 44.9 Å². The number of aromatic hydroxyl groups is 1. The van der Waals surface area contributed by atoms with Gasteiger partial charge in [0.2, 0.25) is 5.88 Å². The van der Waals surface area contributed by atoms with E-state index in [1.54, 1.807) is 37.3 Å². The van der Waals surface area contributed by atoms with Gasteiger partial charge in [-0.25, -0.2) is 9.36 Å². The van der Waals surface area contributed by atoms with Crippen molar-refractivity contribution in [1.29, 1.82) is 0 Å². The molecule has 1 aliphatic heterocycles. The quantitative estimate of drug-likeness (QED) is 0.458. The van der Waals surface area contributed by atoms with Gasteiger partial charge in [0.1, 0.15) is 5.56 Å². The fourth-order valence-corrected chi connectivity index (χ4v) is 3.62. The average molecular weight is 431 g/mol. The molecule has 10 heteroatoms. The summed E-state index contributed by atoms with van der Waals surface area (Å²) in [5.41, 5.74) is -0.503. The van der Waals surface area contributed by atoms with Crippen molar-refractivity contribution >= 4 is 23.0 Å². The predicted molar refractivity (Wildman–Crippen MR) is 121 cm³/mol. The first-order valence-electron chi connectivity index (χ1n) is 9.76. The van der Waals surface area contributed by atoms with Gasteiger partial charge in [0, 0.05) is 45.5 Å². The van der Waals surface area contributed by atoms with Gasteiger partial charge < -0.3 is 15.3 Å². The molecule has 3 rings (SSSR count). The Morgan fingerprint density at radius 1 is 1.20 bits per heavy atom. The maximum atomic E-state index is 12.3. The molecule has 0 unspecified atom stereocenters. The molecule has 2 heterocycles. The molecule has 0 spiro atoms. The number of aromatic amines is 1. The van der Waals surface area contributed by atoms with Gasteiger partial charge in [-0.15, -0.1) is 0 Å². The lowest BCUT2D eigenvalue weighted by molar-refractivity contribution is 0.186. The van der Waals surface area contributed by atoms with Gasteiger partial charge in [-0.2, -0.15) is 0 Å². The van der Waals surface area contributed by atoms with Crippen molar-refractivity contribution in [2.45, 2.75) is 6.92 Å². The van der Waals surface area contributed by atoms with E-state index in [-0.39, 0.29) is 5.56 Å². The molecule has 2 aromatic rings. The van der Waals surface area contributed by atoms with Crippen molar-refractivity contribution in [3.8, 4) is 11.6 Å². The Balaban J connectivity index is 1.72. The van der Waals surface area contributed by atoms with E-state index in [9.17, 15) is 14.7 Å². The highest BCUT2D eigenvalue weighted by atomic mass is 32.1. The summed E-state index contributed by atoms with van der Waals surface area (Å²) in [6.45, 7) is 6.32. The Morgan fingerprint density at radius 3 is 2.50 bits per heavy atom. The minimum atomic E-state index is -0.697. The minimum Gasteiger partial charge on any atom is -0.493 e. The van der Waals surface area contributed by atoms with Crippen LogP contribution in [0.5, 0.6) is 5.88 Å². The zero-order chi connectivity index (χ0) is 21.7. The second-order valence-electron chi connectivity index (χ2n) is 6.98. The lowest BCUT2D eigenvalue weighted by atomic mass is 10.2. The molecule has 1 saturated heterocycles. The summed E-state index contributed by atoms with van der Waals surface area (Å²) < 4.78 is 1.07. The summed E-state index contributed by atoms with van der Waals surface area (Å²) in [6, 6.07) is 8.65. The van der Waals surface area contributed by atoms with Crippen LogP contribution in [0.2, 0.25) is 0 Å². The van der Waals surface area contributed by atoms with Crippen LogP contribution in [0.25, 0.3) is 5.69 Å². The van der Waals surface area contributed by atoms with Gasteiger partial charge in [-0.05, 0) is 31.3 Å². The van der Waals surface area contributed by atoms with Crippen molar-refractivity contribution in [2.24, 2.45) is 4.99 Å². The van der Waals surface area contributed by atoms with E-state index in [1.165, 1.54) is 0 Å². The molecule has 1 aliphatic rings. The minimum absolute atomic E-state index is 0.00245. The number of aromatic nitrogens is 2. The number of benzene rings is 1. The van der Waals surface area contributed by atoms with Crippen LogP contribution in [0.1, 0.15) is 12.5 Å². The van der Waals surface area contributed by atoms with Crippen LogP contribution in [-0.2, 0) is 0 Å². The molecule has 9 nitrogen and oxygen atoms in total. The summed E-state index contributed by atoms with van der Waals surface area (Å²) >= 11 is 5.26. The van der Waals surface area contributed by atoms with E-state index < -0.39 is 17.1 Å². The number of aliphatic imine (C=N–C) groups is 1. The van der Waals surface area contributed by atoms with Gasteiger partial charge in [0.25, 0.3) is 5.56 Å². The molecular weight excluding hydrogens is 404 g/mol. The third-order valence-electron chi connectivity index (χ3n) is 5.10. The van der Waals surface area contributed by atoms with E-state index in [0.717, 1.165) is 42.4 Å². The monoisotopic (exact) mass is 430 g/mol. The molecule has 0 aliphatic carbocycles. The van der Waals surface area contributed by atoms with Gasteiger partial charge >= 0.3 is 5.69 Å². The van der Waals surface area contributed by atoms with E-state index in [4.69, 9.17) is 12.2 Å². The van der Waals surface area contributed by atoms with Crippen LogP contribution < -0.4 is 16.6 Å². The Labute approximate surface area is 179 Å². The first-order chi connectivity index (χ1) is 14.4. The topological polar surface area (TPSA) is 106 Å². The summed E-state index contributed by atoms with van der Waals surface area (Å²) in [5, 5.41) is 14.4. The molecular formula is C20H26N6O3S. The fourth-order valence-electron chi connectivity index (χ4n) is 3.44. The van der Waals surface area contributed by atoms with Crippen LogP contribution in [0.3, 0.4) is 0 Å². The number of piperazine rings is 1. The summed E-state index contributed by atoms with van der Waals surface area (Å²) in [5.74, 6) is -0.412. The number of H-pyrrole nitrogens is 1. The summed E-state index contributed by atoms with van der Waals surface area (Å²) in [4.78, 5) is 35.7. The highest BCUT2D eigenvalue weighted by Gasteiger charge is 2.19. The maximum absolute atomic E-state index is 12.3. The fraction of sp³-hybridized carbons (Fsp3) is 0.400. The third kappa shape index (κ3) is 4.77. The van der Waals surface area contributed by atoms with Gasteiger partial charge in [-0.1, -0.05) is 18.2 Å². The van der Waals surface area contributed by atoms with E-state index >= 15 is 0 Å². The molecule has 160 valence electrons. The zero-order valence-corrected chi connectivity index (χ0v) is 17.9. The number of hydrogen-bond donors (Lipinski definition) is 3. The highest BCUT2D eigenvalue weighted by Crippen LogP contribution is 2.16. The average Bonchev–Trinajstić information content (AvgIpc) is 2.74. The molecule has 0 atom stereocenters. The third-order valence-corrected chi connectivity index (χ3v) is 5.56. The van der Waals surface area contributed by atoms with Crippen LogP contribution >= 0.6 is 12.2 Å². The highest BCUT2D eigenvalue weighted by molar-refractivity contribution is 7.80. The summed E-state index contributed by atoms with van der Waals surface area (Å²) in [7, 11) is 1.82. The van der Waals surface area contributed by atoms with Gasteiger partial charge in [0.05, 0.1) is 12.2 Å². The lowest BCUT2D eigenvalue weighted by Crippen LogP contribution is -2.51. The van der Waals surface area contributed by atoms with Gasteiger partial charge in [-0.3, -0.25) is 19.7 Å². The van der Waals surface area contributed by atoms with Crippen molar-refractivity contribution in [1.82, 2.24) is 24.7 Å². The number of nitrogens with zero attached hydrogens (tertiary/aromatic N) is 4. The molecule has 1 fully saturated rings. The standard InChI is InChI=1S/C20H26N6O3S/c1-14(22-8-9-24-10-12-25(13-11-24)20(30)21-2)16-17(27)23-19(29)26(18(16)28)15-6-4-3-5-7-15/h3-7,28H,8-13H2,1-2H3,(H,21,30)(H,23,27,29). The van der Waals surface area contributed by atoms with Crippen molar-refractivity contribution < 1.29 is 5.11 Å². The molecule has 30 heavy (non-hydrogen) atoms. The number of para-hydroxylation sites is 1. The Morgan fingerprint density at radius 2 is 1.87 bits per heavy atom. The second kappa shape index (κ2) is 9.68.